The summed E-state index contributed by atoms with van der Waals surface area (Å²) in [6.07, 6.45) is 0. The fourth-order valence-corrected chi connectivity index (χ4v) is 2.50. The highest BCUT2D eigenvalue weighted by atomic mass is 79.9. The Morgan fingerprint density at radius 1 is 1.35 bits per heavy atom. The Morgan fingerprint density at radius 3 is 2.53 bits per heavy atom. The molecule has 0 radical (unpaired) electrons. The van der Waals surface area contributed by atoms with Gasteiger partial charge in [-0.1, -0.05) is 15.9 Å². The SMILES string of the molecule is CC1NC(C)(C)CN(c2ccc(Br)cc2)C1=O. The maximum Gasteiger partial charge on any atom is 0.243 e. The van der Waals surface area contributed by atoms with E-state index >= 15 is 0 Å². The average molecular weight is 297 g/mol. The minimum atomic E-state index is -0.137. The van der Waals surface area contributed by atoms with Crippen molar-refractivity contribution in [3.8, 4) is 0 Å². The number of rotatable bonds is 1. The Bertz CT molecular complexity index is 428. The van der Waals surface area contributed by atoms with Gasteiger partial charge in [0.15, 0.2) is 0 Å². The maximum atomic E-state index is 12.2. The molecule has 1 N–H and O–H groups in total. The number of carbonyl (C=O) groups excluding carboxylic acids is 1. The molecule has 1 aliphatic rings. The van der Waals surface area contributed by atoms with Gasteiger partial charge in [-0.25, -0.2) is 0 Å². The molecule has 92 valence electrons. The van der Waals surface area contributed by atoms with E-state index in [0.717, 1.165) is 10.2 Å². The number of hydrogen-bond donors (Lipinski definition) is 1. The van der Waals surface area contributed by atoms with Crippen LogP contribution in [0.3, 0.4) is 0 Å². The zero-order valence-corrected chi connectivity index (χ0v) is 11.9. The smallest absolute Gasteiger partial charge is 0.243 e. The summed E-state index contributed by atoms with van der Waals surface area (Å²) in [7, 11) is 0. The summed E-state index contributed by atoms with van der Waals surface area (Å²) in [5.41, 5.74) is 0.903. The van der Waals surface area contributed by atoms with E-state index in [1.807, 2.05) is 36.1 Å². The van der Waals surface area contributed by atoms with Crippen LogP contribution in [0.2, 0.25) is 0 Å². The lowest BCUT2D eigenvalue weighted by atomic mass is 9.98. The zero-order chi connectivity index (χ0) is 12.6. The lowest BCUT2D eigenvalue weighted by Gasteiger charge is -2.42. The highest BCUT2D eigenvalue weighted by Crippen LogP contribution is 2.24. The van der Waals surface area contributed by atoms with Crippen molar-refractivity contribution in [2.24, 2.45) is 0 Å². The second-order valence-corrected chi connectivity index (χ2v) is 6.07. The summed E-state index contributed by atoms with van der Waals surface area (Å²) in [6.45, 7) is 6.83. The van der Waals surface area contributed by atoms with Crippen LogP contribution in [0.25, 0.3) is 0 Å². The Morgan fingerprint density at radius 2 is 1.94 bits per heavy atom. The minimum absolute atomic E-state index is 0.0552. The molecule has 1 aromatic carbocycles. The second kappa shape index (κ2) is 4.42. The van der Waals surface area contributed by atoms with E-state index in [9.17, 15) is 4.79 Å². The van der Waals surface area contributed by atoms with Crippen LogP contribution in [-0.4, -0.2) is 24.0 Å². The lowest BCUT2D eigenvalue weighted by Crippen LogP contribution is -2.64. The predicted octanol–water partition coefficient (Wildman–Crippen LogP) is 2.55. The van der Waals surface area contributed by atoms with E-state index in [0.29, 0.717) is 6.54 Å². The number of piperazine rings is 1. The van der Waals surface area contributed by atoms with Crippen LogP contribution in [0.15, 0.2) is 28.7 Å². The molecular weight excluding hydrogens is 280 g/mol. The van der Waals surface area contributed by atoms with Crippen molar-refractivity contribution in [1.82, 2.24) is 5.32 Å². The third-order valence-corrected chi connectivity index (χ3v) is 3.46. The number of nitrogens with one attached hydrogen (secondary N) is 1. The van der Waals surface area contributed by atoms with Crippen LogP contribution < -0.4 is 10.2 Å². The molecule has 0 aromatic heterocycles. The van der Waals surface area contributed by atoms with Crippen molar-refractivity contribution in [2.75, 3.05) is 11.4 Å². The van der Waals surface area contributed by atoms with Gasteiger partial charge in [0.2, 0.25) is 5.91 Å². The maximum absolute atomic E-state index is 12.2. The van der Waals surface area contributed by atoms with Crippen molar-refractivity contribution in [1.29, 1.82) is 0 Å². The Hall–Kier alpha value is -0.870. The summed E-state index contributed by atoms with van der Waals surface area (Å²) in [5.74, 6) is 0.131. The molecule has 3 nitrogen and oxygen atoms in total. The lowest BCUT2D eigenvalue weighted by molar-refractivity contribution is -0.122. The minimum Gasteiger partial charge on any atom is -0.309 e. The van der Waals surface area contributed by atoms with Crippen molar-refractivity contribution < 1.29 is 4.79 Å². The van der Waals surface area contributed by atoms with Crippen LogP contribution in [0.5, 0.6) is 0 Å². The molecule has 1 amide bonds. The molecule has 1 saturated heterocycles. The van der Waals surface area contributed by atoms with E-state index < -0.39 is 0 Å². The van der Waals surface area contributed by atoms with Gasteiger partial charge >= 0.3 is 0 Å². The van der Waals surface area contributed by atoms with Crippen LogP contribution >= 0.6 is 15.9 Å². The van der Waals surface area contributed by atoms with Crippen molar-refractivity contribution in [3.63, 3.8) is 0 Å². The van der Waals surface area contributed by atoms with Crippen LogP contribution in [-0.2, 0) is 4.79 Å². The summed E-state index contributed by atoms with van der Waals surface area (Å²) in [5, 5.41) is 3.32. The summed E-state index contributed by atoms with van der Waals surface area (Å²) < 4.78 is 1.02. The molecular formula is C13H17BrN2O. The normalized spacial score (nSPS) is 23.9. The summed E-state index contributed by atoms with van der Waals surface area (Å²) >= 11 is 3.40. The molecule has 0 saturated carbocycles. The van der Waals surface area contributed by atoms with E-state index in [1.165, 1.54) is 0 Å². The third-order valence-electron chi connectivity index (χ3n) is 2.94. The molecule has 0 bridgehead atoms. The van der Waals surface area contributed by atoms with Gasteiger partial charge in [-0.3, -0.25) is 10.1 Å². The number of halogens is 1. The molecule has 1 fully saturated rings. The fraction of sp³-hybridized carbons (Fsp3) is 0.462. The topological polar surface area (TPSA) is 32.3 Å². The summed E-state index contributed by atoms with van der Waals surface area (Å²) in [4.78, 5) is 14.0. The molecule has 0 spiro atoms. The standard InChI is InChI=1S/C13H17BrN2O/c1-9-12(17)16(8-13(2,3)15-9)11-6-4-10(14)5-7-11/h4-7,9,15H,8H2,1-3H3. The van der Waals surface area contributed by atoms with Crippen molar-refractivity contribution in [3.05, 3.63) is 28.7 Å². The number of amides is 1. The van der Waals surface area contributed by atoms with Gasteiger partial charge in [0.1, 0.15) is 0 Å². The highest BCUT2D eigenvalue weighted by Gasteiger charge is 2.36. The van der Waals surface area contributed by atoms with Crippen LogP contribution in [0, 0.1) is 0 Å². The van der Waals surface area contributed by atoms with Crippen molar-refractivity contribution >= 4 is 27.5 Å². The fourth-order valence-electron chi connectivity index (χ4n) is 2.24. The number of benzene rings is 1. The molecule has 1 aromatic rings. The first kappa shape index (κ1) is 12.6. The van der Waals surface area contributed by atoms with Crippen molar-refractivity contribution in [2.45, 2.75) is 32.4 Å². The van der Waals surface area contributed by atoms with Crippen LogP contribution in [0.1, 0.15) is 20.8 Å². The summed E-state index contributed by atoms with van der Waals surface area (Å²) in [6, 6.07) is 7.72. The molecule has 1 unspecified atom stereocenters. The van der Waals surface area contributed by atoms with Crippen LogP contribution in [0.4, 0.5) is 5.69 Å². The van der Waals surface area contributed by atoms with Gasteiger partial charge in [0.25, 0.3) is 0 Å². The predicted molar refractivity (Wildman–Crippen MR) is 73.2 cm³/mol. The van der Waals surface area contributed by atoms with E-state index in [4.69, 9.17) is 0 Å². The molecule has 4 heteroatoms. The Labute approximate surface area is 110 Å². The molecule has 1 heterocycles. The first-order valence-corrected chi connectivity index (χ1v) is 6.53. The quantitative estimate of drug-likeness (QED) is 0.864. The van der Waals surface area contributed by atoms with E-state index in [2.05, 4.69) is 35.1 Å². The number of nitrogens with zero attached hydrogens (tertiary/aromatic N) is 1. The molecule has 17 heavy (non-hydrogen) atoms. The second-order valence-electron chi connectivity index (χ2n) is 5.15. The van der Waals surface area contributed by atoms with Gasteiger partial charge in [0, 0.05) is 22.2 Å². The first-order valence-electron chi connectivity index (χ1n) is 5.74. The zero-order valence-electron chi connectivity index (χ0n) is 10.3. The molecule has 2 rings (SSSR count). The third kappa shape index (κ3) is 2.69. The van der Waals surface area contributed by atoms with Gasteiger partial charge in [-0.15, -0.1) is 0 Å². The first-order chi connectivity index (χ1) is 7.89. The Balaban J connectivity index is 2.30. The average Bonchev–Trinajstić information content (AvgIpc) is 2.24. The molecule has 1 atom stereocenters. The number of carbonyl (C=O) groups is 1. The van der Waals surface area contributed by atoms with E-state index in [-0.39, 0.29) is 17.5 Å². The highest BCUT2D eigenvalue weighted by molar-refractivity contribution is 9.10. The van der Waals surface area contributed by atoms with Gasteiger partial charge in [-0.05, 0) is 45.0 Å². The molecule has 1 aliphatic heterocycles. The number of anilines is 1. The van der Waals surface area contributed by atoms with Gasteiger partial charge in [0.05, 0.1) is 6.04 Å². The monoisotopic (exact) mass is 296 g/mol. The Kier molecular flexibility index (Phi) is 3.27. The van der Waals surface area contributed by atoms with Gasteiger partial charge in [-0.2, -0.15) is 0 Å². The largest absolute Gasteiger partial charge is 0.309 e. The van der Waals surface area contributed by atoms with E-state index in [1.54, 1.807) is 0 Å². The number of hydrogen-bond acceptors (Lipinski definition) is 2. The van der Waals surface area contributed by atoms with Gasteiger partial charge < -0.3 is 4.90 Å². The molecule has 0 aliphatic carbocycles.